The van der Waals surface area contributed by atoms with E-state index >= 15 is 0 Å². The van der Waals surface area contributed by atoms with Crippen molar-refractivity contribution in [3.8, 4) is 0 Å². The van der Waals surface area contributed by atoms with Crippen molar-refractivity contribution in [2.45, 2.75) is 0 Å². The summed E-state index contributed by atoms with van der Waals surface area (Å²) in [6.45, 7) is 0. The quantitative estimate of drug-likeness (QED) is 0.791. The van der Waals surface area contributed by atoms with Gasteiger partial charge in [0.15, 0.2) is 0 Å². The number of carboxylic acid groups (broad SMARTS) is 1. The molecule has 1 N–H and O–H groups in total. The highest BCUT2D eigenvalue weighted by molar-refractivity contribution is 5.86. The number of H-pyrrole nitrogens is 1. The van der Waals surface area contributed by atoms with Gasteiger partial charge >= 0.3 is 0 Å². The van der Waals surface area contributed by atoms with Gasteiger partial charge in [-0.25, -0.2) is 4.98 Å². The molecule has 0 radical (unpaired) electrons. The van der Waals surface area contributed by atoms with Crippen molar-refractivity contribution in [3.63, 3.8) is 0 Å². The normalized spacial score (nSPS) is 11.1. The molecule has 3 rings (SSSR count). The average Bonchev–Trinajstić information content (AvgIpc) is 2.53. The summed E-state index contributed by atoms with van der Waals surface area (Å²) in [5.41, 5.74) is 2.28. The van der Waals surface area contributed by atoms with Gasteiger partial charge in [-0.2, -0.15) is 0 Å². The summed E-state index contributed by atoms with van der Waals surface area (Å²) < 4.78 is 0. The Morgan fingerprint density at radius 1 is 1.05 bits per heavy atom. The van der Waals surface area contributed by atoms with Crippen molar-refractivity contribution in [2.75, 3.05) is 0 Å². The van der Waals surface area contributed by atoms with Crippen molar-refractivity contribution < 1.29 is 9.90 Å². The molecule has 0 saturated carbocycles. The lowest BCUT2D eigenvalue weighted by Crippen LogP contribution is -2.21. The van der Waals surface area contributed by atoms with Crippen LogP contribution in [0.2, 0.25) is 0 Å². The molecule has 1 aromatic heterocycles. The summed E-state index contributed by atoms with van der Waals surface area (Å²) in [6.07, 6.45) is 3.30. The summed E-state index contributed by atoms with van der Waals surface area (Å²) in [4.78, 5) is 29.7. The molecule has 0 saturated heterocycles. The van der Waals surface area contributed by atoms with Crippen LogP contribution in [0.3, 0.4) is 0 Å². The largest absolute Gasteiger partial charge is 0.545 e. The maximum atomic E-state index is 11.9. The molecule has 0 atom stereocenters. The third kappa shape index (κ3) is 2.78. The van der Waals surface area contributed by atoms with Crippen LogP contribution >= 0.6 is 0 Å². The molecule has 0 aliphatic carbocycles. The van der Waals surface area contributed by atoms with E-state index in [-0.39, 0.29) is 11.1 Å². The highest BCUT2D eigenvalue weighted by Gasteiger charge is 2.01. The van der Waals surface area contributed by atoms with Crippen LogP contribution in [-0.4, -0.2) is 15.9 Å². The van der Waals surface area contributed by atoms with Gasteiger partial charge in [0.1, 0.15) is 5.69 Å². The van der Waals surface area contributed by atoms with E-state index in [4.69, 9.17) is 0 Å². The summed E-state index contributed by atoms with van der Waals surface area (Å²) in [5, 5.41) is 10.7. The predicted octanol–water partition coefficient (Wildman–Crippen LogP) is 1.46. The molecule has 0 unspecified atom stereocenters. The monoisotopic (exact) mass is 291 g/mol. The SMILES string of the molecule is O=C([O-])c1ccc(/C=C/c2nc3ccccc3[nH]c2=O)cc1. The number of aromatic nitrogens is 2. The van der Waals surface area contributed by atoms with Crippen molar-refractivity contribution in [2.24, 2.45) is 0 Å². The van der Waals surface area contributed by atoms with Gasteiger partial charge in [0.25, 0.3) is 5.56 Å². The number of hydrogen-bond acceptors (Lipinski definition) is 4. The molecule has 0 bridgehead atoms. The molecule has 0 aliphatic heterocycles. The minimum absolute atomic E-state index is 0.110. The maximum absolute atomic E-state index is 11.9. The minimum Gasteiger partial charge on any atom is -0.545 e. The van der Waals surface area contributed by atoms with Crippen molar-refractivity contribution >= 4 is 29.2 Å². The lowest BCUT2D eigenvalue weighted by Gasteiger charge is -2.02. The fraction of sp³-hybridized carbons (Fsp3) is 0. The number of nitrogens with one attached hydrogen (secondary N) is 1. The molecule has 5 heteroatoms. The zero-order valence-corrected chi connectivity index (χ0v) is 11.4. The van der Waals surface area contributed by atoms with Crippen LogP contribution < -0.4 is 10.7 Å². The molecule has 0 aliphatic rings. The lowest BCUT2D eigenvalue weighted by atomic mass is 10.1. The molecular formula is C17H11N2O3-. The van der Waals surface area contributed by atoms with Gasteiger partial charge in [-0.05, 0) is 29.3 Å². The smallest absolute Gasteiger partial charge is 0.274 e. The van der Waals surface area contributed by atoms with Crippen molar-refractivity contribution in [1.29, 1.82) is 0 Å². The second-order valence-electron chi connectivity index (χ2n) is 4.71. The molecule has 108 valence electrons. The number of carbonyl (C=O) groups excluding carboxylic acids is 1. The lowest BCUT2D eigenvalue weighted by molar-refractivity contribution is -0.255. The highest BCUT2D eigenvalue weighted by atomic mass is 16.4. The van der Waals surface area contributed by atoms with E-state index in [1.165, 1.54) is 12.1 Å². The summed E-state index contributed by atoms with van der Waals surface area (Å²) >= 11 is 0. The van der Waals surface area contributed by atoms with Gasteiger partial charge in [0.2, 0.25) is 0 Å². The van der Waals surface area contributed by atoms with Gasteiger partial charge in [0.05, 0.1) is 17.0 Å². The number of carbonyl (C=O) groups is 1. The topological polar surface area (TPSA) is 85.9 Å². The predicted molar refractivity (Wildman–Crippen MR) is 82.1 cm³/mol. The van der Waals surface area contributed by atoms with Crippen LogP contribution in [0.4, 0.5) is 0 Å². The van der Waals surface area contributed by atoms with E-state index in [1.807, 2.05) is 18.2 Å². The summed E-state index contributed by atoms with van der Waals surface area (Å²) in [5.74, 6) is -1.22. The van der Waals surface area contributed by atoms with Crippen molar-refractivity contribution in [3.05, 3.63) is 75.7 Å². The number of benzene rings is 2. The first-order chi connectivity index (χ1) is 10.6. The van der Waals surface area contributed by atoms with Crippen LogP contribution in [0, 0.1) is 0 Å². The third-order valence-corrected chi connectivity index (χ3v) is 3.21. The van der Waals surface area contributed by atoms with Gasteiger partial charge in [-0.15, -0.1) is 0 Å². The molecular weight excluding hydrogens is 280 g/mol. The number of nitrogens with zero attached hydrogens (tertiary/aromatic N) is 1. The molecule has 3 aromatic rings. The van der Waals surface area contributed by atoms with Crippen LogP contribution in [0.1, 0.15) is 21.6 Å². The third-order valence-electron chi connectivity index (χ3n) is 3.21. The molecule has 1 heterocycles. The number of hydrogen-bond donors (Lipinski definition) is 1. The first kappa shape index (κ1) is 13.8. The Balaban J connectivity index is 1.93. The molecule has 22 heavy (non-hydrogen) atoms. The maximum Gasteiger partial charge on any atom is 0.274 e. The number of aromatic carboxylic acids is 1. The van der Waals surface area contributed by atoms with E-state index in [0.29, 0.717) is 16.7 Å². The number of rotatable bonds is 3. The fourth-order valence-electron chi connectivity index (χ4n) is 2.06. The van der Waals surface area contributed by atoms with Gasteiger partial charge in [0, 0.05) is 0 Å². The first-order valence-corrected chi connectivity index (χ1v) is 6.62. The Morgan fingerprint density at radius 3 is 2.50 bits per heavy atom. The Bertz CT molecular complexity index is 925. The number of aromatic amines is 1. The fourth-order valence-corrected chi connectivity index (χ4v) is 2.06. The van der Waals surface area contributed by atoms with Crippen LogP contribution in [0.15, 0.2) is 53.3 Å². The van der Waals surface area contributed by atoms with E-state index in [2.05, 4.69) is 9.97 Å². The second-order valence-corrected chi connectivity index (χ2v) is 4.71. The first-order valence-electron chi connectivity index (χ1n) is 6.62. The molecule has 0 fully saturated rings. The number of para-hydroxylation sites is 2. The standard InChI is InChI=1S/C17H12N2O3/c20-16-15(18-13-3-1-2-4-14(13)19-16)10-7-11-5-8-12(9-6-11)17(21)22/h1-10H,(H,19,20)(H,21,22)/p-1/b10-7+. The molecule has 2 aromatic carbocycles. The van der Waals surface area contributed by atoms with Crippen molar-refractivity contribution in [1.82, 2.24) is 9.97 Å². The van der Waals surface area contributed by atoms with Crippen LogP contribution in [0.25, 0.3) is 23.2 Å². The number of fused-ring (bicyclic) bond motifs is 1. The summed E-state index contributed by atoms with van der Waals surface area (Å²) in [7, 11) is 0. The molecule has 0 spiro atoms. The van der Waals surface area contributed by atoms with Gasteiger partial charge in [-0.1, -0.05) is 42.5 Å². The summed E-state index contributed by atoms with van der Waals surface area (Å²) in [6, 6.07) is 13.5. The van der Waals surface area contributed by atoms with E-state index in [1.54, 1.807) is 30.4 Å². The van der Waals surface area contributed by atoms with E-state index in [0.717, 1.165) is 5.56 Å². The zero-order chi connectivity index (χ0) is 15.5. The van der Waals surface area contributed by atoms with Gasteiger partial charge in [-0.3, -0.25) is 4.79 Å². The Morgan fingerprint density at radius 2 is 1.77 bits per heavy atom. The van der Waals surface area contributed by atoms with Gasteiger partial charge < -0.3 is 14.9 Å². The average molecular weight is 291 g/mol. The number of carboxylic acids is 1. The Kier molecular flexibility index (Phi) is 3.53. The van der Waals surface area contributed by atoms with E-state index < -0.39 is 5.97 Å². The minimum atomic E-state index is -1.22. The Hall–Kier alpha value is -3.21. The zero-order valence-electron chi connectivity index (χ0n) is 11.4. The van der Waals surface area contributed by atoms with Crippen LogP contribution in [0.5, 0.6) is 0 Å². The molecule has 5 nitrogen and oxygen atoms in total. The Labute approximate surface area is 125 Å². The second kappa shape index (κ2) is 5.65. The van der Waals surface area contributed by atoms with E-state index in [9.17, 15) is 14.7 Å². The van der Waals surface area contributed by atoms with Crippen LogP contribution in [-0.2, 0) is 0 Å². The highest BCUT2D eigenvalue weighted by Crippen LogP contribution is 2.09. The molecule has 0 amide bonds.